The maximum atomic E-state index is 12.3. The molecule has 0 radical (unpaired) electrons. The highest BCUT2D eigenvalue weighted by molar-refractivity contribution is 5.88. The number of carbonyl (C=O) groups excluding carboxylic acids is 2. The van der Waals surface area contributed by atoms with E-state index in [9.17, 15) is 14.4 Å². The van der Waals surface area contributed by atoms with Gasteiger partial charge in [-0.25, -0.2) is 9.59 Å². The van der Waals surface area contributed by atoms with Crippen molar-refractivity contribution >= 4 is 18.0 Å². The third kappa shape index (κ3) is 4.85. The zero-order chi connectivity index (χ0) is 23.4. The van der Waals surface area contributed by atoms with E-state index in [0.29, 0.717) is 5.69 Å². The Morgan fingerprint density at radius 2 is 1.67 bits per heavy atom. The van der Waals surface area contributed by atoms with E-state index in [2.05, 4.69) is 27.8 Å². The first-order chi connectivity index (χ1) is 15.9. The summed E-state index contributed by atoms with van der Waals surface area (Å²) in [4.78, 5) is 39.7. The molecule has 1 aliphatic rings. The first-order valence-corrected chi connectivity index (χ1v) is 10.5. The normalized spacial score (nSPS) is 12.9. The number of carboxylic acid groups (broad SMARTS) is 1. The van der Waals surface area contributed by atoms with Crippen LogP contribution in [0.25, 0.3) is 11.1 Å². The molecule has 2 amide bonds. The summed E-state index contributed by atoms with van der Waals surface area (Å²) in [7, 11) is 0. The number of ether oxygens (including phenoxy) is 1. The van der Waals surface area contributed by atoms with Gasteiger partial charge in [-0.1, -0.05) is 48.5 Å². The highest BCUT2D eigenvalue weighted by Gasteiger charge is 2.29. The molecule has 3 aromatic rings. The number of carbonyl (C=O) groups is 3. The highest BCUT2D eigenvalue weighted by Crippen LogP contribution is 2.44. The van der Waals surface area contributed by atoms with E-state index in [1.165, 1.54) is 25.3 Å². The van der Waals surface area contributed by atoms with Crippen LogP contribution in [0.15, 0.2) is 66.9 Å². The molecular weight excluding hydrogens is 422 g/mol. The summed E-state index contributed by atoms with van der Waals surface area (Å²) < 4.78 is 5.46. The first kappa shape index (κ1) is 22.0. The van der Waals surface area contributed by atoms with Gasteiger partial charge in [0.15, 0.2) is 0 Å². The van der Waals surface area contributed by atoms with Crippen LogP contribution in [0.1, 0.15) is 40.0 Å². The molecule has 8 nitrogen and oxygen atoms in total. The molecule has 8 heteroatoms. The van der Waals surface area contributed by atoms with Crippen molar-refractivity contribution in [3.8, 4) is 11.1 Å². The Labute approximate surface area is 190 Å². The van der Waals surface area contributed by atoms with Gasteiger partial charge in [-0.2, -0.15) is 0 Å². The number of amides is 2. The smallest absolute Gasteiger partial charge is 0.407 e. The van der Waals surface area contributed by atoms with Crippen LogP contribution in [0.4, 0.5) is 4.79 Å². The van der Waals surface area contributed by atoms with Gasteiger partial charge < -0.3 is 20.5 Å². The minimum Gasteiger partial charge on any atom is -0.478 e. The monoisotopic (exact) mass is 445 g/mol. The van der Waals surface area contributed by atoms with Crippen LogP contribution in [0.3, 0.4) is 0 Å². The number of nitrogens with one attached hydrogen (secondary N) is 2. The average molecular weight is 445 g/mol. The van der Waals surface area contributed by atoms with E-state index in [4.69, 9.17) is 9.84 Å². The van der Waals surface area contributed by atoms with Crippen molar-refractivity contribution in [2.24, 2.45) is 0 Å². The molecule has 0 spiro atoms. The lowest BCUT2D eigenvalue weighted by Gasteiger charge is -2.17. The maximum Gasteiger partial charge on any atom is 0.407 e. The zero-order valence-corrected chi connectivity index (χ0v) is 17.9. The first-order valence-electron chi connectivity index (χ1n) is 10.5. The molecule has 1 aromatic heterocycles. The number of benzene rings is 2. The van der Waals surface area contributed by atoms with Gasteiger partial charge in [0, 0.05) is 12.1 Å². The predicted molar refractivity (Wildman–Crippen MR) is 121 cm³/mol. The van der Waals surface area contributed by atoms with E-state index in [0.717, 1.165) is 22.3 Å². The summed E-state index contributed by atoms with van der Waals surface area (Å²) >= 11 is 0. The fraction of sp³-hybridized carbons (Fsp3) is 0.200. The molecule has 33 heavy (non-hydrogen) atoms. The Bertz CT molecular complexity index is 1160. The van der Waals surface area contributed by atoms with Gasteiger partial charge in [-0.05, 0) is 41.3 Å². The summed E-state index contributed by atoms with van der Waals surface area (Å²) in [6.45, 7) is 1.73. The topological polar surface area (TPSA) is 118 Å². The Balaban J connectivity index is 1.30. The summed E-state index contributed by atoms with van der Waals surface area (Å²) in [5.41, 5.74) is 4.96. The van der Waals surface area contributed by atoms with Gasteiger partial charge in [0.05, 0.1) is 17.8 Å². The molecule has 3 N–H and O–H groups in total. The van der Waals surface area contributed by atoms with Gasteiger partial charge in [0.25, 0.3) is 0 Å². The van der Waals surface area contributed by atoms with Crippen LogP contribution in [0, 0.1) is 0 Å². The Hall–Kier alpha value is -4.20. The molecule has 168 valence electrons. The zero-order valence-electron chi connectivity index (χ0n) is 17.9. The van der Waals surface area contributed by atoms with Crippen LogP contribution >= 0.6 is 0 Å². The quantitative estimate of drug-likeness (QED) is 0.514. The van der Waals surface area contributed by atoms with Crippen LogP contribution in [0.2, 0.25) is 0 Å². The highest BCUT2D eigenvalue weighted by atomic mass is 16.5. The fourth-order valence-corrected chi connectivity index (χ4v) is 3.92. The Kier molecular flexibility index (Phi) is 6.35. The number of rotatable bonds is 7. The van der Waals surface area contributed by atoms with Gasteiger partial charge >= 0.3 is 12.1 Å². The van der Waals surface area contributed by atoms with E-state index in [1.807, 2.05) is 36.4 Å². The van der Waals surface area contributed by atoms with Crippen molar-refractivity contribution in [1.29, 1.82) is 0 Å². The molecule has 1 atom stereocenters. The van der Waals surface area contributed by atoms with Gasteiger partial charge in [-0.15, -0.1) is 0 Å². The van der Waals surface area contributed by atoms with Crippen molar-refractivity contribution in [3.63, 3.8) is 0 Å². The third-order valence-electron chi connectivity index (χ3n) is 5.58. The lowest BCUT2D eigenvalue weighted by atomic mass is 9.98. The maximum absolute atomic E-state index is 12.3. The second kappa shape index (κ2) is 9.52. The fourth-order valence-electron chi connectivity index (χ4n) is 3.92. The number of nitrogens with zero attached hydrogens (tertiary/aromatic N) is 1. The minimum absolute atomic E-state index is 0.0384. The predicted octanol–water partition coefficient (Wildman–Crippen LogP) is 3.32. The van der Waals surface area contributed by atoms with Crippen molar-refractivity contribution in [1.82, 2.24) is 15.6 Å². The molecule has 0 saturated heterocycles. The largest absolute Gasteiger partial charge is 0.478 e. The van der Waals surface area contributed by atoms with E-state index >= 15 is 0 Å². The van der Waals surface area contributed by atoms with Gasteiger partial charge in [0.1, 0.15) is 12.6 Å². The van der Waals surface area contributed by atoms with E-state index in [1.54, 1.807) is 0 Å². The van der Waals surface area contributed by atoms with Crippen LogP contribution in [-0.2, 0) is 16.1 Å². The Morgan fingerprint density at radius 3 is 2.30 bits per heavy atom. The van der Waals surface area contributed by atoms with Crippen molar-refractivity contribution < 1.29 is 24.2 Å². The number of hydrogen-bond donors (Lipinski definition) is 3. The SMILES string of the molecule is C[C@@H](NC(=O)OCC1c2ccccc2-c2ccccc21)C(=O)NCc1cc(C(=O)O)ccn1. The number of aromatic carboxylic acids is 1. The van der Waals surface area contributed by atoms with Crippen molar-refractivity contribution in [3.05, 3.63) is 89.2 Å². The second-order valence-electron chi connectivity index (χ2n) is 7.75. The average Bonchev–Trinajstić information content (AvgIpc) is 3.15. The molecule has 0 aliphatic heterocycles. The van der Waals surface area contributed by atoms with Crippen LogP contribution < -0.4 is 10.6 Å². The van der Waals surface area contributed by atoms with Crippen molar-refractivity contribution in [2.75, 3.05) is 6.61 Å². The summed E-state index contributed by atoms with van der Waals surface area (Å²) in [5.74, 6) is -1.58. The standard InChI is InChI=1S/C25H23N3O5/c1-15(23(29)27-13-17-12-16(24(30)31)10-11-26-17)28-25(32)33-14-22-20-8-4-2-6-18(20)19-7-3-5-9-21(19)22/h2-12,15,22H,13-14H2,1H3,(H,27,29)(H,28,32)(H,30,31)/t15-/m1/s1. The minimum atomic E-state index is -1.07. The molecule has 0 unspecified atom stereocenters. The number of fused-ring (bicyclic) bond motifs is 3. The summed E-state index contributed by atoms with van der Waals surface area (Å²) in [6, 6.07) is 18.0. The number of carboxylic acids is 1. The number of alkyl carbamates (subject to hydrolysis) is 1. The number of hydrogen-bond acceptors (Lipinski definition) is 5. The molecule has 0 fully saturated rings. The molecule has 2 aromatic carbocycles. The summed E-state index contributed by atoms with van der Waals surface area (Å²) in [6.07, 6.45) is 0.675. The van der Waals surface area contributed by atoms with E-state index in [-0.39, 0.29) is 24.6 Å². The van der Waals surface area contributed by atoms with E-state index < -0.39 is 24.0 Å². The van der Waals surface area contributed by atoms with Crippen LogP contribution in [0.5, 0.6) is 0 Å². The van der Waals surface area contributed by atoms with Gasteiger partial charge in [0.2, 0.25) is 5.91 Å². The molecule has 0 bridgehead atoms. The third-order valence-corrected chi connectivity index (χ3v) is 5.58. The molecule has 1 heterocycles. The second-order valence-corrected chi connectivity index (χ2v) is 7.75. The molecule has 0 saturated carbocycles. The Morgan fingerprint density at radius 1 is 1.03 bits per heavy atom. The van der Waals surface area contributed by atoms with Gasteiger partial charge in [-0.3, -0.25) is 9.78 Å². The molecule has 4 rings (SSSR count). The van der Waals surface area contributed by atoms with Crippen LogP contribution in [-0.4, -0.2) is 40.7 Å². The molecular formula is C25H23N3O5. The summed E-state index contributed by atoms with van der Waals surface area (Å²) in [5, 5.41) is 14.2. The lowest BCUT2D eigenvalue weighted by molar-refractivity contribution is -0.122. The number of aromatic nitrogens is 1. The van der Waals surface area contributed by atoms with Crippen molar-refractivity contribution in [2.45, 2.75) is 25.4 Å². The molecule has 1 aliphatic carbocycles. The number of pyridine rings is 1. The lowest BCUT2D eigenvalue weighted by Crippen LogP contribution is -2.45.